The lowest BCUT2D eigenvalue weighted by Crippen LogP contribution is -1.57. The standard InChI is InChI=1S/H2O13P26/c1-14-27-29(16-3)31(18-5)33(20-7)35(22-9)37(24-11)39(26-13)38(25-12)36(23-10)34(21-8)32(19-6)30(17-4)28-15-2/h27-28H. The maximum Gasteiger partial charge on any atom is 0.193 e. The first kappa shape index (κ1) is 45.9. The van der Waals surface area contributed by atoms with Gasteiger partial charge in [0.2, 0.25) is 0 Å². The van der Waals surface area contributed by atoms with Gasteiger partial charge in [-0.2, -0.15) is 0 Å². The highest BCUT2D eigenvalue weighted by Gasteiger charge is 2.52. The van der Waals surface area contributed by atoms with E-state index in [0.717, 1.165) is 0 Å². The second-order valence-electron chi connectivity index (χ2n) is 4.27. The summed E-state index contributed by atoms with van der Waals surface area (Å²) in [6, 6.07) is 0. The van der Waals surface area contributed by atoms with Crippen LogP contribution in [0, 0.1) is 0 Å². The van der Waals surface area contributed by atoms with Crippen molar-refractivity contribution in [3.05, 3.63) is 0 Å². The van der Waals surface area contributed by atoms with Crippen LogP contribution in [0.4, 0.5) is 0 Å². The summed E-state index contributed by atoms with van der Waals surface area (Å²) in [4.78, 5) is 0. The van der Waals surface area contributed by atoms with Gasteiger partial charge in [0.05, 0.1) is 76.9 Å². The van der Waals surface area contributed by atoms with Gasteiger partial charge in [0.15, 0.2) is 106 Å². The molecular formula is H2O13P26. The number of hydrogen-bond donors (Lipinski definition) is 0. The summed E-state index contributed by atoms with van der Waals surface area (Å²) in [7, 11) is -8.11. The zero-order valence-electron chi connectivity index (χ0n) is 17.0. The minimum atomic E-state index is -2.15. The van der Waals surface area contributed by atoms with Crippen LogP contribution in [0.5, 0.6) is 0 Å². The Labute approximate surface area is 256 Å². The van der Waals surface area contributed by atoms with E-state index in [-0.39, 0.29) is 16.3 Å². The van der Waals surface area contributed by atoms with E-state index in [0.29, 0.717) is 0 Å². The van der Waals surface area contributed by atoms with Crippen molar-refractivity contribution in [3.63, 3.8) is 0 Å². The zero-order valence-corrected chi connectivity index (χ0v) is 40.5. The van der Waals surface area contributed by atoms with Crippen LogP contribution in [0.3, 0.4) is 0 Å². The molecule has 0 saturated heterocycles. The van der Waals surface area contributed by atoms with Crippen molar-refractivity contribution in [1.82, 2.24) is 0 Å². The zero-order chi connectivity index (χ0) is 30.0. The third kappa shape index (κ3) is 14.7. The van der Waals surface area contributed by atoms with Crippen LogP contribution in [0.15, 0.2) is 0 Å². The van der Waals surface area contributed by atoms with Gasteiger partial charge in [-0.1, -0.05) is 0 Å². The predicted octanol–water partition coefficient (Wildman–Crippen LogP) is 20.3. The Bertz CT molecular complexity index is 859. The van der Waals surface area contributed by atoms with Gasteiger partial charge >= 0.3 is 0 Å². The van der Waals surface area contributed by atoms with Gasteiger partial charge in [-0.05, 0) is 0 Å². The lowest BCUT2D eigenvalue weighted by atomic mass is 16.0. The van der Waals surface area contributed by atoms with E-state index in [4.69, 9.17) is 0 Å². The lowest BCUT2D eigenvalue weighted by Gasteiger charge is -2.31. The Kier molecular flexibility index (Phi) is 33.8. The fourth-order valence-corrected chi connectivity index (χ4v) is 240. The molecule has 0 aromatic heterocycles. The van der Waals surface area contributed by atoms with Crippen LogP contribution in [-0.4, -0.2) is 0 Å². The van der Waals surface area contributed by atoms with E-state index < -0.39 is 182 Å². The molecule has 39 heavy (non-hydrogen) atoms. The van der Waals surface area contributed by atoms with Gasteiger partial charge in [0.25, 0.3) is 0 Å². The molecule has 0 saturated carbocycles. The molecule has 0 rings (SSSR count). The second kappa shape index (κ2) is 28.7. The van der Waals surface area contributed by atoms with E-state index >= 15 is 0 Å². The molecule has 0 aliphatic carbocycles. The smallest absolute Gasteiger partial charge is 0.193 e. The fourth-order valence-electron chi connectivity index (χ4n) is 1.50. The third-order valence-corrected chi connectivity index (χ3v) is 170. The first-order valence-corrected chi connectivity index (χ1v) is 53.0. The van der Waals surface area contributed by atoms with Crippen LogP contribution >= 0.6 is 199 Å². The van der Waals surface area contributed by atoms with E-state index in [1.165, 1.54) is 0 Å². The summed E-state index contributed by atoms with van der Waals surface area (Å²) in [6.45, 7) is -21.7. The maximum atomic E-state index is 12.5. The largest absolute Gasteiger partial charge is 0.270 e. The van der Waals surface area contributed by atoms with Crippen molar-refractivity contribution in [1.29, 1.82) is 0 Å². The lowest BCUT2D eigenvalue weighted by molar-refractivity contribution is 0.604. The molecule has 0 aromatic rings. The summed E-state index contributed by atoms with van der Waals surface area (Å²) in [5, 5.41) is 0. The molecule has 0 bridgehead atoms. The Morgan fingerprint density at radius 1 is 0.256 bits per heavy atom. The molecule has 0 heterocycles. The Hall–Kier alpha value is 6.89. The van der Waals surface area contributed by atoms with Gasteiger partial charge in [-0.15, -0.1) is 0 Å². The molecule has 0 spiro atoms. The number of hydrogen-bond acceptors (Lipinski definition) is 13. The van der Waals surface area contributed by atoms with E-state index in [1.807, 2.05) is 0 Å². The van der Waals surface area contributed by atoms with Gasteiger partial charge in [-0.3, -0.25) is 59.3 Å². The van der Waals surface area contributed by atoms with Crippen molar-refractivity contribution in [2.45, 2.75) is 0 Å². The molecule has 0 amide bonds. The molecule has 39 heteroatoms. The Morgan fingerprint density at radius 2 is 0.436 bits per heavy atom. The monoisotopic (exact) mass is 1020 g/mol. The highest BCUT2D eigenvalue weighted by molar-refractivity contribution is 9.32. The van der Waals surface area contributed by atoms with E-state index in [1.54, 1.807) is 0 Å². The summed E-state index contributed by atoms with van der Waals surface area (Å²) in [5.41, 5.74) is 0. The Morgan fingerprint density at radius 3 is 0.564 bits per heavy atom. The van der Waals surface area contributed by atoms with Crippen molar-refractivity contribution in [2.75, 3.05) is 0 Å². The predicted molar refractivity (Wildman–Crippen MR) is 192 cm³/mol. The van der Waals surface area contributed by atoms with Crippen molar-refractivity contribution < 1.29 is 59.3 Å². The molecule has 0 N–H and O–H groups in total. The van der Waals surface area contributed by atoms with E-state index in [2.05, 4.69) is 0 Å². The van der Waals surface area contributed by atoms with Gasteiger partial charge in [0, 0.05) is 15.9 Å². The normalized spacial score (nSPS) is 22.5. The SMILES string of the molecule is O=PPP(P=O)P(P=O)P(P=O)P(P=O)P(P=O)P(P=O)P(P=O)P(P=O)P(P=O)P(P=O)P(P=O)PP=O. The summed E-state index contributed by atoms with van der Waals surface area (Å²) < 4.78 is 156. The van der Waals surface area contributed by atoms with Gasteiger partial charge < -0.3 is 0 Å². The molecule has 12 unspecified atom stereocenters. The highest BCUT2D eigenvalue weighted by Crippen LogP contribution is 3.28. The molecule has 12 atom stereocenters. The third-order valence-electron chi connectivity index (χ3n) is 2.69. The fraction of sp³-hybridized carbons (Fsp3) is 0. The summed E-state index contributed by atoms with van der Waals surface area (Å²) >= 11 is 0. The minimum Gasteiger partial charge on any atom is -0.270 e. The van der Waals surface area contributed by atoms with Crippen molar-refractivity contribution in [2.24, 2.45) is 0 Å². The van der Waals surface area contributed by atoms with Crippen LogP contribution in [0.1, 0.15) is 0 Å². The van der Waals surface area contributed by atoms with Crippen LogP contribution in [0.2, 0.25) is 0 Å². The van der Waals surface area contributed by atoms with Gasteiger partial charge in [0.1, 0.15) is 0 Å². The average molecular weight is 1020 g/mol. The Balaban J connectivity index is 6.80. The molecule has 0 aliphatic heterocycles. The van der Waals surface area contributed by atoms with E-state index in [9.17, 15) is 59.3 Å². The number of rotatable bonds is 25. The molecule has 0 aromatic carbocycles. The first-order valence-electron chi connectivity index (χ1n) is 7.47. The molecular weight excluding hydrogens is 1010 g/mol. The maximum absolute atomic E-state index is 12.5. The van der Waals surface area contributed by atoms with Crippen LogP contribution in [0.25, 0.3) is 0 Å². The van der Waals surface area contributed by atoms with Crippen molar-refractivity contribution in [3.8, 4) is 0 Å². The molecule has 0 radical (unpaired) electrons. The quantitative estimate of drug-likeness (QED) is 0.0777. The average Bonchev–Trinajstić information content (AvgIpc) is 2.96. The molecule has 0 fully saturated rings. The topological polar surface area (TPSA) is 222 Å². The summed E-state index contributed by atoms with van der Waals surface area (Å²) in [6.07, 6.45) is 0. The molecule has 210 valence electrons. The highest BCUT2D eigenvalue weighted by atomic mass is 33.4. The van der Waals surface area contributed by atoms with Crippen LogP contribution < -0.4 is 0 Å². The van der Waals surface area contributed by atoms with Crippen LogP contribution in [-0.2, 0) is 59.3 Å². The van der Waals surface area contributed by atoms with Crippen molar-refractivity contribution >= 4 is 199 Å². The molecule has 0 aliphatic rings. The summed E-state index contributed by atoms with van der Waals surface area (Å²) in [5.74, 6) is 0. The van der Waals surface area contributed by atoms with Gasteiger partial charge in [-0.25, -0.2) is 0 Å². The first-order chi connectivity index (χ1) is 18.8. The minimum absolute atomic E-state index is 0.373. The molecule has 13 nitrogen and oxygen atoms in total. The second-order valence-corrected chi connectivity index (χ2v) is 96.0.